The second kappa shape index (κ2) is 6.02. The molecule has 0 radical (unpaired) electrons. The minimum absolute atomic E-state index is 0.0965. The first-order valence-corrected chi connectivity index (χ1v) is 8.07. The van der Waals surface area contributed by atoms with Crippen molar-refractivity contribution in [3.05, 3.63) is 11.7 Å². The number of nitrogens with zero attached hydrogens (tertiary/aromatic N) is 3. The summed E-state index contributed by atoms with van der Waals surface area (Å²) >= 11 is 0. The molecule has 0 bridgehead atoms. The lowest BCUT2D eigenvalue weighted by atomic mass is 9.77. The van der Waals surface area contributed by atoms with Gasteiger partial charge in [0.15, 0.2) is 0 Å². The first-order valence-electron chi connectivity index (χ1n) is 8.07. The maximum atomic E-state index is 6.52. The molecule has 0 aromatic carbocycles. The monoisotopic (exact) mass is 294 g/mol. The Morgan fingerprint density at radius 2 is 2.33 bits per heavy atom. The first kappa shape index (κ1) is 14.9. The van der Waals surface area contributed by atoms with Crippen LogP contribution in [0.2, 0.25) is 0 Å². The van der Waals surface area contributed by atoms with Crippen LogP contribution in [0.4, 0.5) is 0 Å². The summed E-state index contributed by atoms with van der Waals surface area (Å²) in [4.78, 5) is 6.92. The van der Waals surface area contributed by atoms with Crippen LogP contribution in [0.1, 0.15) is 57.3 Å². The Hall–Kier alpha value is -0.980. The van der Waals surface area contributed by atoms with E-state index in [1.165, 1.54) is 6.42 Å². The third-order valence-corrected chi connectivity index (χ3v) is 4.79. The summed E-state index contributed by atoms with van der Waals surface area (Å²) < 4.78 is 11.3. The van der Waals surface area contributed by atoms with E-state index >= 15 is 0 Å². The van der Waals surface area contributed by atoms with E-state index in [4.69, 9.17) is 15.0 Å². The number of nitrogens with two attached hydrogens (primary N) is 1. The maximum absolute atomic E-state index is 6.52. The van der Waals surface area contributed by atoms with Gasteiger partial charge >= 0.3 is 0 Å². The third-order valence-electron chi connectivity index (χ3n) is 4.79. The predicted octanol–water partition coefficient (Wildman–Crippen LogP) is 1.83. The maximum Gasteiger partial charge on any atom is 0.246 e. The number of hydrogen-bond acceptors (Lipinski definition) is 6. The number of aromatic nitrogens is 2. The highest BCUT2D eigenvalue weighted by atomic mass is 16.5. The Bertz CT molecular complexity index is 478. The molecule has 3 atom stereocenters. The van der Waals surface area contributed by atoms with Crippen molar-refractivity contribution in [1.82, 2.24) is 15.0 Å². The fraction of sp³-hybridized carbons (Fsp3) is 0.867. The second-order valence-corrected chi connectivity index (χ2v) is 6.57. The average molecular weight is 294 g/mol. The number of rotatable bonds is 3. The van der Waals surface area contributed by atoms with Gasteiger partial charge in [0, 0.05) is 13.1 Å². The van der Waals surface area contributed by atoms with Crippen LogP contribution in [0.3, 0.4) is 0 Å². The van der Waals surface area contributed by atoms with Crippen LogP contribution < -0.4 is 5.73 Å². The fourth-order valence-electron chi connectivity index (χ4n) is 3.50. The molecule has 1 aromatic heterocycles. The Balaban J connectivity index is 1.73. The molecule has 2 aliphatic rings. The molecule has 1 aliphatic heterocycles. The molecule has 118 valence electrons. The van der Waals surface area contributed by atoms with Crippen molar-refractivity contribution in [3.63, 3.8) is 0 Å². The van der Waals surface area contributed by atoms with Gasteiger partial charge in [-0.25, -0.2) is 0 Å². The van der Waals surface area contributed by atoms with E-state index in [1.54, 1.807) is 0 Å². The number of morpholine rings is 1. The zero-order valence-electron chi connectivity index (χ0n) is 13.0. The van der Waals surface area contributed by atoms with Crippen molar-refractivity contribution in [2.75, 3.05) is 26.2 Å². The summed E-state index contributed by atoms with van der Waals surface area (Å²) in [6, 6.07) is 0. The van der Waals surface area contributed by atoms with Crippen molar-refractivity contribution in [1.29, 1.82) is 0 Å². The molecule has 3 rings (SSSR count). The fourth-order valence-corrected chi connectivity index (χ4v) is 3.50. The molecule has 0 amide bonds. The summed E-state index contributed by atoms with van der Waals surface area (Å²) in [5.74, 6) is 1.84. The van der Waals surface area contributed by atoms with E-state index in [-0.39, 0.29) is 6.10 Å². The third kappa shape index (κ3) is 3.12. The molecule has 0 spiro atoms. The molecular weight excluding hydrogens is 268 g/mol. The predicted molar refractivity (Wildman–Crippen MR) is 78.6 cm³/mol. The van der Waals surface area contributed by atoms with Crippen LogP contribution in [0.15, 0.2) is 4.52 Å². The lowest BCUT2D eigenvalue weighted by molar-refractivity contribution is -0.0334. The Morgan fingerprint density at radius 3 is 3.10 bits per heavy atom. The molecule has 6 nitrogen and oxygen atoms in total. The summed E-state index contributed by atoms with van der Waals surface area (Å²) in [6.45, 7) is 7.92. The molecular formula is C15H26N4O2. The minimum atomic E-state index is -0.456. The smallest absolute Gasteiger partial charge is 0.246 e. The summed E-state index contributed by atoms with van der Waals surface area (Å²) in [5.41, 5.74) is 6.06. The molecule has 2 fully saturated rings. The molecule has 1 aromatic rings. The van der Waals surface area contributed by atoms with Gasteiger partial charge in [-0.15, -0.1) is 0 Å². The van der Waals surface area contributed by atoms with Gasteiger partial charge in [-0.2, -0.15) is 4.98 Å². The molecule has 3 unspecified atom stereocenters. The molecule has 2 heterocycles. The molecule has 1 saturated carbocycles. The standard InChI is InChI=1S/C15H26N4O2/c1-3-19-7-8-20-12(10-19)13-17-14(21-18-13)15(16)6-4-5-11(2)9-15/h11-12H,3-10,16H2,1-2H3. The van der Waals surface area contributed by atoms with Crippen LogP contribution in [0.25, 0.3) is 0 Å². The highest BCUT2D eigenvalue weighted by Crippen LogP contribution is 2.37. The lowest BCUT2D eigenvalue weighted by Crippen LogP contribution is -2.41. The van der Waals surface area contributed by atoms with Crippen molar-refractivity contribution in [2.24, 2.45) is 11.7 Å². The SMILES string of the molecule is CCN1CCOC(c2noc(C3(N)CCCC(C)C3)n2)C1. The highest BCUT2D eigenvalue weighted by Gasteiger charge is 2.38. The van der Waals surface area contributed by atoms with Crippen LogP contribution in [0, 0.1) is 5.92 Å². The Morgan fingerprint density at radius 1 is 1.48 bits per heavy atom. The molecule has 6 heteroatoms. The van der Waals surface area contributed by atoms with E-state index in [0.717, 1.165) is 38.9 Å². The average Bonchev–Trinajstić information content (AvgIpc) is 2.98. The lowest BCUT2D eigenvalue weighted by Gasteiger charge is -2.33. The van der Waals surface area contributed by atoms with Gasteiger partial charge in [-0.3, -0.25) is 4.90 Å². The topological polar surface area (TPSA) is 77.4 Å². The second-order valence-electron chi connectivity index (χ2n) is 6.57. The largest absolute Gasteiger partial charge is 0.367 e. The van der Waals surface area contributed by atoms with E-state index in [0.29, 0.717) is 24.2 Å². The normalized spacial score (nSPS) is 35.0. The number of likely N-dealkylation sites (N-methyl/N-ethyl adjacent to an activating group) is 1. The Kier molecular flexibility index (Phi) is 4.28. The highest BCUT2D eigenvalue weighted by molar-refractivity contribution is 5.06. The Labute approximate surface area is 126 Å². The summed E-state index contributed by atoms with van der Waals surface area (Å²) in [6.07, 6.45) is 4.10. The van der Waals surface area contributed by atoms with Crippen molar-refractivity contribution in [2.45, 2.75) is 51.2 Å². The van der Waals surface area contributed by atoms with Gasteiger partial charge in [0.25, 0.3) is 0 Å². The van der Waals surface area contributed by atoms with Gasteiger partial charge in [-0.1, -0.05) is 31.8 Å². The van der Waals surface area contributed by atoms with Crippen LogP contribution in [-0.2, 0) is 10.3 Å². The molecule has 1 aliphatic carbocycles. The zero-order chi connectivity index (χ0) is 14.9. The van der Waals surface area contributed by atoms with Crippen molar-refractivity contribution >= 4 is 0 Å². The van der Waals surface area contributed by atoms with Crippen molar-refractivity contribution < 1.29 is 9.26 Å². The number of hydrogen-bond donors (Lipinski definition) is 1. The minimum Gasteiger partial charge on any atom is -0.367 e. The first-order chi connectivity index (χ1) is 10.1. The molecule has 2 N–H and O–H groups in total. The summed E-state index contributed by atoms with van der Waals surface area (Å²) in [5, 5.41) is 4.14. The number of ether oxygens (including phenoxy) is 1. The van der Waals surface area contributed by atoms with Gasteiger partial charge < -0.3 is 15.0 Å². The van der Waals surface area contributed by atoms with E-state index in [2.05, 4.69) is 28.9 Å². The van der Waals surface area contributed by atoms with Gasteiger partial charge in [0.05, 0.1) is 12.1 Å². The zero-order valence-corrected chi connectivity index (χ0v) is 13.0. The van der Waals surface area contributed by atoms with Gasteiger partial charge in [-0.05, 0) is 25.3 Å². The van der Waals surface area contributed by atoms with Gasteiger partial charge in [0.1, 0.15) is 6.10 Å². The molecule has 21 heavy (non-hydrogen) atoms. The summed E-state index contributed by atoms with van der Waals surface area (Å²) in [7, 11) is 0. The molecule has 1 saturated heterocycles. The van der Waals surface area contributed by atoms with E-state index in [1.807, 2.05) is 0 Å². The van der Waals surface area contributed by atoms with Gasteiger partial charge in [0.2, 0.25) is 11.7 Å². The quantitative estimate of drug-likeness (QED) is 0.916. The van der Waals surface area contributed by atoms with Crippen LogP contribution >= 0.6 is 0 Å². The van der Waals surface area contributed by atoms with Crippen LogP contribution in [-0.4, -0.2) is 41.3 Å². The van der Waals surface area contributed by atoms with Crippen LogP contribution in [0.5, 0.6) is 0 Å². The van der Waals surface area contributed by atoms with E-state index in [9.17, 15) is 0 Å². The van der Waals surface area contributed by atoms with E-state index < -0.39 is 5.54 Å². The van der Waals surface area contributed by atoms with Crippen molar-refractivity contribution in [3.8, 4) is 0 Å².